The van der Waals surface area contributed by atoms with Crippen LogP contribution >= 0.6 is 0 Å². The Morgan fingerprint density at radius 2 is 1.49 bits per heavy atom. The number of H-pyrrole nitrogens is 1. The van der Waals surface area contributed by atoms with Crippen LogP contribution in [-0.2, 0) is 51.2 Å². The van der Waals surface area contributed by atoms with Gasteiger partial charge in [0.2, 0.25) is 35.4 Å². The number of para-hydroxylation sites is 1. The summed E-state index contributed by atoms with van der Waals surface area (Å²) >= 11 is 0. The third-order valence-corrected chi connectivity index (χ3v) is 13.4. The number of nitrogens with zero attached hydrogens (tertiary/aromatic N) is 2. The summed E-state index contributed by atoms with van der Waals surface area (Å²) < 4.78 is 0. The molecule has 0 radical (unpaired) electrons. The molecule has 23 nitrogen and oxygen atoms in total. The molecule has 390 valence electrons. The minimum absolute atomic E-state index is 0.0206. The van der Waals surface area contributed by atoms with Crippen molar-refractivity contribution in [3.8, 4) is 0 Å². The van der Waals surface area contributed by atoms with E-state index in [2.05, 4.69) is 47.2 Å². The van der Waals surface area contributed by atoms with E-state index in [1.165, 1.54) is 4.90 Å². The lowest BCUT2D eigenvalue weighted by Gasteiger charge is -2.33. The molecule has 1 saturated carbocycles. The van der Waals surface area contributed by atoms with Crippen molar-refractivity contribution in [3.05, 3.63) is 71.9 Å². The first kappa shape index (κ1) is 54.2. The number of hydrogen-bond acceptors (Lipinski definition) is 12. The van der Waals surface area contributed by atoms with Gasteiger partial charge in [0.15, 0.2) is 5.96 Å². The van der Waals surface area contributed by atoms with Crippen LogP contribution in [0.25, 0.3) is 10.9 Å². The van der Waals surface area contributed by atoms with Gasteiger partial charge in [-0.05, 0) is 93.7 Å². The molecule has 2 aromatic carbocycles. The Morgan fingerprint density at radius 3 is 2.21 bits per heavy atom. The first-order valence-corrected chi connectivity index (χ1v) is 24.6. The van der Waals surface area contributed by atoms with E-state index in [4.69, 9.17) is 11.5 Å². The average molecular weight is 1000 g/mol. The quantitative estimate of drug-likeness (QED) is 0.0391. The summed E-state index contributed by atoms with van der Waals surface area (Å²) in [4.78, 5) is 119. The summed E-state index contributed by atoms with van der Waals surface area (Å²) in [6.07, 6.45) is 3.64. The van der Waals surface area contributed by atoms with Crippen molar-refractivity contribution in [1.82, 2.24) is 47.1 Å². The predicted molar refractivity (Wildman–Crippen MR) is 264 cm³/mol. The highest BCUT2D eigenvalue weighted by Gasteiger charge is 2.44. The van der Waals surface area contributed by atoms with Crippen LogP contribution in [0.5, 0.6) is 0 Å². The van der Waals surface area contributed by atoms with Gasteiger partial charge in [-0.1, -0.05) is 48.5 Å². The minimum Gasteiger partial charge on any atom is -0.480 e. The lowest BCUT2D eigenvalue weighted by Crippen LogP contribution is -2.60. The van der Waals surface area contributed by atoms with Crippen LogP contribution in [0.15, 0.2) is 65.8 Å². The van der Waals surface area contributed by atoms with E-state index in [-0.39, 0.29) is 82.9 Å². The number of carboxylic acids is 2. The van der Waals surface area contributed by atoms with Crippen LogP contribution in [0.1, 0.15) is 75.3 Å². The van der Waals surface area contributed by atoms with Gasteiger partial charge in [0.1, 0.15) is 30.2 Å². The number of amides is 6. The van der Waals surface area contributed by atoms with E-state index in [0.29, 0.717) is 36.8 Å². The summed E-state index contributed by atoms with van der Waals surface area (Å²) in [5, 5.41) is 50.0. The molecule has 1 unspecified atom stereocenters. The summed E-state index contributed by atoms with van der Waals surface area (Å²) in [7, 11) is 0. The molecule has 0 bridgehead atoms. The van der Waals surface area contributed by atoms with Crippen LogP contribution in [0, 0.1) is 5.92 Å². The molecule has 6 rings (SSSR count). The number of hydrogen-bond donors (Lipinski definition) is 13. The van der Waals surface area contributed by atoms with Gasteiger partial charge < -0.3 is 68.6 Å². The lowest BCUT2D eigenvalue weighted by molar-refractivity contribution is -0.143. The summed E-state index contributed by atoms with van der Waals surface area (Å²) in [5.41, 5.74) is 13.3. The number of aliphatic carboxylic acids is 2. The molecular formula is C49H68N12O11. The van der Waals surface area contributed by atoms with Crippen LogP contribution in [0.4, 0.5) is 0 Å². The molecule has 2 saturated heterocycles. The van der Waals surface area contributed by atoms with E-state index < -0.39 is 109 Å². The Labute approximate surface area is 416 Å². The number of aliphatic hydroxyl groups is 1. The number of aliphatic hydroxyl groups excluding tert-OH is 1. The first-order valence-electron chi connectivity index (χ1n) is 24.6. The Balaban J connectivity index is 1.37. The van der Waals surface area contributed by atoms with Crippen LogP contribution < -0.4 is 48.7 Å². The van der Waals surface area contributed by atoms with Crippen molar-refractivity contribution in [2.75, 3.05) is 32.7 Å². The molecule has 6 amide bonds. The van der Waals surface area contributed by atoms with Gasteiger partial charge in [-0.15, -0.1) is 0 Å². The van der Waals surface area contributed by atoms with Gasteiger partial charge in [0, 0.05) is 49.2 Å². The number of aliphatic imine (C=N–C) groups is 1. The molecule has 3 fully saturated rings. The van der Waals surface area contributed by atoms with Crippen molar-refractivity contribution in [2.45, 2.75) is 125 Å². The second-order valence-corrected chi connectivity index (χ2v) is 18.8. The monoisotopic (exact) mass is 1000 g/mol. The Bertz CT molecular complexity index is 2410. The fourth-order valence-corrected chi connectivity index (χ4v) is 9.66. The molecule has 3 aliphatic rings. The van der Waals surface area contributed by atoms with Gasteiger partial charge in [-0.2, -0.15) is 0 Å². The molecule has 3 heterocycles. The fraction of sp³-hybridized carbons (Fsp3) is 0.531. The van der Waals surface area contributed by atoms with Crippen molar-refractivity contribution in [2.24, 2.45) is 22.4 Å². The number of carbonyl (C=O) groups is 8. The third-order valence-electron chi connectivity index (χ3n) is 13.4. The molecule has 2 aliphatic heterocycles. The molecule has 0 spiro atoms. The maximum absolute atomic E-state index is 15.0. The summed E-state index contributed by atoms with van der Waals surface area (Å²) in [6.45, 7) is -1.15. The highest BCUT2D eigenvalue weighted by molar-refractivity contribution is 5.97. The number of aromatic nitrogens is 1. The SMILES string of the molecule is NC(N)=NCCC[C@@H]1NC(=O)[C@H](Cc2c[nH]c3ccccc23)NC(=O)[C@@H](CC2CCC(O)CC2)NC(=O)[C@@H]2C[C@H](NCC(=O)O)CN2C(=O)[C@@H](NC(=O)C(Cc2ccccc2)NCC(=O)O)CCCNC1=O. The summed E-state index contributed by atoms with van der Waals surface area (Å²) in [6, 6.07) is 8.07. The van der Waals surface area contributed by atoms with Crippen molar-refractivity contribution in [1.29, 1.82) is 0 Å². The van der Waals surface area contributed by atoms with Gasteiger partial charge >= 0.3 is 11.9 Å². The standard InChI is InChI=1S/C49H68N12O11/c50-49(51)53-19-6-12-35-43(67)52-18-7-13-36(58-44(68)37(56-26-42(65)66)20-28-8-2-1-3-9-28)48(72)61-27-31(54-25-41(63)64)23-40(61)47(71)60-38(21-29-14-16-32(62)17-15-29)45(69)59-39(46(70)57-35)22-30-24-55-34-11-5-4-10-33(30)34/h1-5,8-11,24,29,31-32,35-40,54-56,62H,6-7,12-23,25-27H2,(H,52,67)(H,57,70)(H,58,68)(H,59,69)(H,60,71)(H,63,64)(H,65,66)(H4,50,51,53)/t29?,31-,32?,35-,36-,37?,38+,39-,40-/m0/s1. The van der Waals surface area contributed by atoms with E-state index in [0.717, 1.165) is 10.9 Å². The van der Waals surface area contributed by atoms with Gasteiger partial charge in [0.05, 0.1) is 25.2 Å². The lowest BCUT2D eigenvalue weighted by atomic mass is 9.83. The Morgan fingerprint density at radius 1 is 0.806 bits per heavy atom. The van der Waals surface area contributed by atoms with E-state index in [1.54, 1.807) is 36.5 Å². The van der Waals surface area contributed by atoms with Crippen LogP contribution in [0.2, 0.25) is 0 Å². The zero-order chi connectivity index (χ0) is 51.7. The van der Waals surface area contributed by atoms with Gasteiger partial charge in [-0.25, -0.2) is 0 Å². The van der Waals surface area contributed by atoms with Crippen molar-refractivity contribution in [3.63, 3.8) is 0 Å². The zero-order valence-electron chi connectivity index (χ0n) is 40.1. The van der Waals surface area contributed by atoms with Gasteiger partial charge in [-0.3, -0.25) is 48.7 Å². The Kier molecular flexibility index (Phi) is 19.9. The number of nitrogens with one attached hydrogen (secondary N) is 8. The van der Waals surface area contributed by atoms with Crippen LogP contribution in [-0.4, -0.2) is 160 Å². The van der Waals surface area contributed by atoms with E-state index in [1.807, 2.05) is 24.3 Å². The molecule has 1 aliphatic carbocycles. The maximum Gasteiger partial charge on any atom is 0.317 e. The smallest absolute Gasteiger partial charge is 0.317 e. The van der Waals surface area contributed by atoms with E-state index >= 15 is 0 Å². The molecule has 15 N–H and O–H groups in total. The van der Waals surface area contributed by atoms with Crippen molar-refractivity contribution < 1.29 is 53.7 Å². The van der Waals surface area contributed by atoms with Crippen molar-refractivity contribution >= 4 is 64.2 Å². The Hall–Kier alpha value is -7.11. The second-order valence-electron chi connectivity index (χ2n) is 18.8. The number of fused-ring (bicyclic) bond motifs is 2. The molecule has 1 aromatic heterocycles. The molecule has 23 heteroatoms. The number of rotatable bonds is 18. The zero-order valence-corrected chi connectivity index (χ0v) is 40.1. The number of guanidine groups is 1. The number of aromatic amines is 1. The minimum atomic E-state index is -1.35. The molecule has 72 heavy (non-hydrogen) atoms. The fourth-order valence-electron chi connectivity index (χ4n) is 9.66. The number of carbonyl (C=O) groups excluding carboxylic acids is 6. The molecular weight excluding hydrogens is 933 g/mol. The number of nitrogens with two attached hydrogens (primary N) is 2. The maximum atomic E-state index is 15.0. The highest BCUT2D eigenvalue weighted by atomic mass is 16.4. The molecule has 7 atom stereocenters. The van der Waals surface area contributed by atoms with E-state index in [9.17, 15) is 53.7 Å². The molecule has 3 aromatic rings. The largest absolute Gasteiger partial charge is 0.480 e. The topological polar surface area (TPSA) is 365 Å². The highest BCUT2D eigenvalue weighted by Crippen LogP contribution is 2.29. The first-order chi connectivity index (χ1) is 34.5. The normalized spacial score (nSPS) is 25.1. The number of carboxylic acid groups (broad SMARTS) is 2. The third kappa shape index (κ3) is 16.0. The average Bonchev–Trinajstić information content (AvgIpc) is 3.98. The van der Waals surface area contributed by atoms with Gasteiger partial charge in [0.25, 0.3) is 0 Å². The number of benzene rings is 2. The predicted octanol–water partition coefficient (Wildman–Crippen LogP) is -1.52. The summed E-state index contributed by atoms with van der Waals surface area (Å²) in [5.74, 6) is -6.85. The second kappa shape index (κ2) is 26.4. The van der Waals surface area contributed by atoms with Crippen LogP contribution in [0.3, 0.4) is 0 Å².